The highest BCUT2D eigenvalue weighted by Gasteiger charge is 2.23. The number of aryl methyl sites for hydroxylation is 1. The molecule has 0 saturated heterocycles. The molecule has 1 aliphatic rings. The summed E-state index contributed by atoms with van der Waals surface area (Å²) in [4.78, 5) is 0. The van der Waals surface area contributed by atoms with E-state index in [4.69, 9.17) is 5.11 Å². The predicted molar refractivity (Wildman–Crippen MR) is 48.5 cm³/mol. The van der Waals surface area contributed by atoms with Gasteiger partial charge in [0, 0.05) is 18.9 Å². The molecule has 0 bridgehead atoms. The van der Waals surface area contributed by atoms with Crippen molar-refractivity contribution in [3.05, 3.63) is 11.6 Å². The summed E-state index contributed by atoms with van der Waals surface area (Å²) in [5.41, 5.74) is 0. The lowest BCUT2D eigenvalue weighted by molar-refractivity contribution is 0.237. The average molecular weight is 181 g/mol. The molecule has 1 atom stereocenters. The molecular weight excluding hydrogens is 166 g/mol. The van der Waals surface area contributed by atoms with Gasteiger partial charge in [-0.2, -0.15) is 0 Å². The third kappa shape index (κ3) is 1.35. The zero-order valence-electron chi connectivity index (χ0n) is 7.90. The summed E-state index contributed by atoms with van der Waals surface area (Å²) in [7, 11) is 0. The number of rotatable bonds is 2. The van der Waals surface area contributed by atoms with Gasteiger partial charge in [-0.05, 0) is 12.8 Å². The van der Waals surface area contributed by atoms with Crippen LogP contribution in [0.4, 0.5) is 0 Å². The first-order valence-electron chi connectivity index (χ1n) is 4.89. The van der Waals surface area contributed by atoms with Gasteiger partial charge in [0.25, 0.3) is 0 Å². The molecule has 1 aliphatic heterocycles. The van der Waals surface area contributed by atoms with Crippen LogP contribution in [0.15, 0.2) is 0 Å². The fraction of sp³-hybridized carbons (Fsp3) is 0.778. The van der Waals surface area contributed by atoms with Gasteiger partial charge in [0.15, 0.2) is 0 Å². The molecule has 0 amide bonds. The maximum Gasteiger partial charge on any atom is 0.138 e. The molecule has 13 heavy (non-hydrogen) atoms. The Morgan fingerprint density at radius 1 is 1.54 bits per heavy atom. The summed E-state index contributed by atoms with van der Waals surface area (Å²) in [6.45, 7) is 3.30. The molecule has 0 fully saturated rings. The Balaban J connectivity index is 2.36. The van der Waals surface area contributed by atoms with Crippen LogP contribution in [-0.2, 0) is 13.0 Å². The smallest absolute Gasteiger partial charge is 0.138 e. The molecule has 1 aromatic rings. The van der Waals surface area contributed by atoms with E-state index in [1.807, 2.05) is 0 Å². The van der Waals surface area contributed by atoms with Crippen molar-refractivity contribution >= 4 is 0 Å². The van der Waals surface area contributed by atoms with Gasteiger partial charge in [-0.3, -0.25) is 0 Å². The third-order valence-electron chi connectivity index (χ3n) is 2.69. The lowest BCUT2D eigenvalue weighted by atomic mass is 10.00. The van der Waals surface area contributed by atoms with E-state index in [9.17, 15) is 0 Å². The van der Waals surface area contributed by atoms with E-state index >= 15 is 0 Å². The van der Waals surface area contributed by atoms with E-state index in [0.717, 1.165) is 37.5 Å². The molecule has 2 heterocycles. The molecule has 0 radical (unpaired) electrons. The number of hydrogen-bond donors (Lipinski definition) is 1. The Morgan fingerprint density at radius 2 is 2.38 bits per heavy atom. The van der Waals surface area contributed by atoms with Crippen molar-refractivity contribution < 1.29 is 5.11 Å². The SMILES string of the molecule is CCc1nnc2n1CCCC2CO. The third-order valence-corrected chi connectivity index (χ3v) is 2.69. The fourth-order valence-electron chi connectivity index (χ4n) is 1.95. The maximum atomic E-state index is 9.14. The standard InChI is InChI=1S/C9H15N3O/c1-2-8-10-11-9-7(6-13)4-3-5-12(8)9/h7,13H,2-6H2,1H3. The summed E-state index contributed by atoms with van der Waals surface area (Å²) in [6, 6.07) is 0. The molecule has 2 rings (SSSR count). The van der Waals surface area contributed by atoms with E-state index in [1.54, 1.807) is 0 Å². The van der Waals surface area contributed by atoms with Crippen LogP contribution >= 0.6 is 0 Å². The molecule has 0 saturated carbocycles. The molecular formula is C9H15N3O. The van der Waals surface area contributed by atoms with Crippen LogP contribution in [0, 0.1) is 0 Å². The number of aliphatic hydroxyl groups excluding tert-OH is 1. The molecule has 1 aromatic heterocycles. The van der Waals surface area contributed by atoms with Crippen molar-refractivity contribution in [3.63, 3.8) is 0 Å². The number of aromatic nitrogens is 3. The minimum Gasteiger partial charge on any atom is -0.396 e. The first-order valence-corrected chi connectivity index (χ1v) is 4.89. The molecule has 1 unspecified atom stereocenters. The quantitative estimate of drug-likeness (QED) is 0.731. The number of hydrogen-bond acceptors (Lipinski definition) is 3. The highest BCUT2D eigenvalue weighted by atomic mass is 16.3. The van der Waals surface area contributed by atoms with E-state index < -0.39 is 0 Å². The van der Waals surface area contributed by atoms with Crippen molar-refractivity contribution in [3.8, 4) is 0 Å². The largest absolute Gasteiger partial charge is 0.396 e. The highest BCUT2D eigenvalue weighted by molar-refractivity contribution is 5.04. The van der Waals surface area contributed by atoms with Crippen LogP contribution in [0.3, 0.4) is 0 Å². The Morgan fingerprint density at radius 3 is 3.08 bits per heavy atom. The van der Waals surface area contributed by atoms with E-state index in [0.29, 0.717) is 0 Å². The van der Waals surface area contributed by atoms with Crippen molar-refractivity contribution in [1.29, 1.82) is 0 Å². The van der Waals surface area contributed by atoms with Crippen LogP contribution in [0.1, 0.15) is 37.3 Å². The molecule has 1 N–H and O–H groups in total. The zero-order valence-corrected chi connectivity index (χ0v) is 7.90. The Hall–Kier alpha value is -0.900. The Bertz CT molecular complexity index is 295. The summed E-state index contributed by atoms with van der Waals surface area (Å²) in [5, 5.41) is 17.4. The lowest BCUT2D eigenvalue weighted by Crippen LogP contribution is -2.19. The molecule has 0 spiro atoms. The van der Waals surface area contributed by atoms with E-state index in [-0.39, 0.29) is 12.5 Å². The summed E-state index contributed by atoms with van der Waals surface area (Å²) < 4.78 is 2.16. The normalized spacial score (nSPS) is 21.5. The van der Waals surface area contributed by atoms with Crippen LogP contribution < -0.4 is 0 Å². The second kappa shape index (κ2) is 3.46. The van der Waals surface area contributed by atoms with Crippen molar-refractivity contribution in [2.24, 2.45) is 0 Å². The van der Waals surface area contributed by atoms with Gasteiger partial charge in [-0.25, -0.2) is 0 Å². The minimum atomic E-state index is 0.196. The average Bonchev–Trinajstić information content (AvgIpc) is 2.60. The fourth-order valence-corrected chi connectivity index (χ4v) is 1.95. The van der Waals surface area contributed by atoms with Gasteiger partial charge in [-0.1, -0.05) is 6.92 Å². The lowest BCUT2D eigenvalue weighted by Gasteiger charge is -2.21. The summed E-state index contributed by atoms with van der Waals surface area (Å²) >= 11 is 0. The number of nitrogens with zero attached hydrogens (tertiary/aromatic N) is 3. The van der Waals surface area contributed by atoms with Crippen LogP contribution in [-0.4, -0.2) is 26.5 Å². The maximum absolute atomic E-state index is 9.14. The van der Waals surface area contributed by atoms with Crippen molar-refractivity contribution in [2.75, 3.05) is 6.61 Å². The van der Waals surface area contributed by atoms with E-state index in [2.05, 4.69) is 21.7 Å². The van der Waals surface area contributed by atoms with Gasteiger partial charge in [0.05, 0.1) is 6.61 Å². The number of aliphatic hydroxyl groups is 1. The molecule has 72 valence electrons. The van der Waals surface area contributed by atoms with Gasteiger partial charge in [0.2, 0.25) is 0 Å². The zero-order chi connectivity index (χ0) is 9.26. The Kier molecular flexibility index (Phi) is 2.31. The summed E-state index contributed by atoms with van der Waals surface area (Å²) in [5.74, 6) is 2.24. The van der Waals surface area contributed by atoms with Crippen molar-refractivity contribution in [2.45, 2.75) is 38.6 Å². The molecule has 0 aromatic carbocycles. The monoisotopic (exact) mass is 181 g/mol. The van der Waals surface area contributed by atoms with E-state index in [1.165, 1.54) is 0 Å². The van der Waals surface area contributed by atoms with Crippen LogP contribution in [0.25, 0.3) is 0 Å². The van der Waals surface area contributed by atoms with Gasteiger partial charge >= 0.3 is 0 Å². The van der Waals surface area contributed by atoms with Gasteiger partial charge in [-0.15, -0.1) is 10.2 Å². The number of fused-ring (bicyclic) bond motifs is 1. The minimum absolute atomic E-state index is 0.196. The van der Waals surface area contributed by atoms with Crippen LogP contribution in [0.2, 0.25) is 0 Å². The molecule has 4 nitrogen and oxygen atoms in total. The van der Waals surface area contributed by atoms with Crippen molar-refractivity contribution in [1.82, 2.24) is 14.8 Å². The second-order valence-corrected chi connectivity index (χ2v) is 3.50. The van der Waals surface area contributed by atoms with Gasteiger partial charge < -0.3 is 9.67 Å². The highest BCUT2D eigenvalue weighted by Crippen LogP contribution is 2.25. The molecule has 4 heteroatoms. The molecule has 0 aliphatic carbocycles. The topological polar surface area (TPSA) is 50.9 Å². The van der Waals surface area contributed by atoms with Gasteiger partial charge in [0.1, 0.15) is 11.6 Å². The predicted octanol–water partition coefficient (Wildman–Crippen LogP) is 0.710. The van der Waals surface area contributed by atoms with Crippen LogP contribution in [0.5, 0.6) is 0 Å². The first-order chi connectivity index (χ1) is 6.36. The summed E-state index contributed by atoms with van der Waals surface area (Å²) in [6.07, 6.45) is 3.09. The first kappa shape index (κ1) is 8.69. The Labute approximate surface area is 77.6 Å². The second-order valence-electron chi connectivity index (χ2n) is 3.50.